The lowest BCUT2D eigenvalue weighted by atomic mass is 10.2. The first-order valence-corrected chi connectivity index (χ1v) is 9.62. The van der Waals surface area contributed by atoms with Gasteiger partial charge < -0.3 is 19.5 Å². The molecule has 0 saturated carbocycles. The van der Waals surface area contributed by atoms with Gasteiger partial charge in [0.2, 0.25) is 0 Å². The fourth-order valence-corrected chi connectivity index (χ4v) is 3.30. The Balaban J connectivity index is 1.72. The lowest BCUT2D eigenvalue weighted by molar-refractivity contribution is 0.102. The van der Waals surface area contributed by atoms with Gasteiger partial charge in [0.1, 0.15) is 12.4 Å². The molecule has 0 aliphatic heterocycles. The summed E-state index contributed by atoms with van der Waals surface area (Å²) in [5.41, 5.74) is 1.72. The molecule has 0 aliphatic rings. The summed E-state index contributed by atoms with van der Waals surface area (Å²) >= 11 is 7.81. The summed E-state index contributed by atoms with van der Waals surface area (Å²) < 4.78 is 16.2. The first-order valence-electron chi connectivity index (χ1n) is 8.37. The predicted octanol–water partition coefficient (Wildman–Crippen LogP) is 4.95. The monoisotopic (exact) mass is 418 g/mol. The number of nitrogens with zero attached hydrogens (tertiary/aromatic N) is 1. The number of ether oxygens (including phenoxy) is 3. The van der Waals surface area contributed by atoms with E-state index in [4.69, 9.17) is 25.8 Å². The van der Waals surface area contributed by atoms with Gasteiger partial charge >= 0.3 is 0 Å². The normalized spacial score (nSPS) is 10.4. The van der Waals surface area contributed by atoms with E-state index in [9.17, 15) is 4.79 Å². The zero-order valence-corrected chi connectivity index (χ0v) is 17.2. The largest absolute Gasteiger partial charge is 0.493 e. The van der Waals surface area contributed by atoms with E-state index in [1.54, 1.807) is 47.7 Å². The number of hydrogen-bond acceptors (Lipinski definition) is 6. The fourth-order valence-electron chi connectivity index (χ4n) is 2.50. The van der Waals surface area contributed by atoms with Gasteiger partial charge in [-0.2, -0.15) is 0 Å². The van der Waals surface area contributed by atoms with Crippen molar-refractivity contribution in [1.82, 2.24) is 4.98 Å². The Morgan fingerprint density at radius 2 is 1.93 bits per heavy atom. The van der Waals surface area contributed by atoms with Gasteiger partial charge in [-0.25, -0.2) is 4.98 Å². The minimum Gasteiger partial charge on any atom is -0.493 e. The van der Waals surface area contributed by atoms with E-state index in [-0.39, 0.29) is 5.91 Å². The van der Waals surface area contributed by atoms with E-state index >= 15 is 0 Å². The first kappa shape index (κ1) is 20.0. The molecule has 0 radical (unpaired) electrons. The number of halogens is 1. The van der Waals surface area contributed by atoms with Crippen molar-refractivity contribution in [3.05, 3.63) is 63.1 Å². The number of carbonyl (C=O) groups excluding carboxylic acids is 1. The molecule has 0 bridgehead atoms. The molecule has 1 N–H and O–H groups in total. The number of rotatable bonds is 7. The zero-order chi connectivity index (χ0) is 20.1. The molecule has 1 heterocycles. The summed E-state index contributed by atoms with van der Waals surface area (Å²) in [5.74, 6) is 1.22. The van der Waals surface area contributed by atoms with Gasteiger partial charge in [-0.3, -0.25) is 4.79 Å². The van der Waals surface area contributed by atoms with Gasteiger partial charge in [0.15, 0.2) is 11.5 Å². The Hall–Kier alpha value is -2.77. The molecule has 2 aromatic carbocycles. The molecule has 1 aromatic heterocycles. The standard InChI is InChI=1S/C20H19ClN2O4S/c1-12-22-14(11-28-12)10-27-15-6-4-5-13(7-15)20(24)23-17-9-19(26-3)18(25-2)8-16(17)21/h4-9,11H,10H2,1-3H3,(H,23,24). The van der Waals surface area contributed by atoms with E-state index in [2.05, 4.69) is 10.3 Å². The third-order valence-electron chi connectivity index (χ3n) is 3.87. The van der Waals surface area contributed by atoms with Crippen LogP contribution in [0.3, 0.4) is 0 Å². The molecule has 3 aromatic rings. The number of carbonyl (C=O) groups is 1. The van der Waals surface area contributed by atoms with E-state index in [1.165, 1.54) is 14.2 Å². The minimum absolute atomic E-state index is 0.316. The molecule has 0 spiro atoms. The fraction of sp³-hybridized carbons (Fsp3) is 0.200. The van der Waals surface area contributed by atoms with Gasteiger partial charge in [0.05, 0.1) is 35.6 Å². The van der Waals surface area contributed by atoms with Crippen molar-refractivity contribution in [2.75, 3.05) is 19.5 Å². The van der Waals surface area contributed by atoms with Crippen molar-refractivity contribution in [3.8, 4) is 17.2 Å². The van der Waals surface area contributed by atoms with Crippen molar-refractivity contribution in [2.45, 2.75) is 13.5 Å². The average Bonchev–Trinajstić information content (AvgIpc) is 3.13. The third-order valence-corrected chi connectivity index (χ3v) is 5.01. The molecule has 0 unspecified atom stereocenters. The number of aromatic nitrogens is 1. The molecule has 6 nitrogen and oxygen atoms in total. The van der Waals surface area contributed by atoms with Crippen LogP contribution in [0.25, 0.3) is 0 Å². The summed E-state index contributed by atoms with van der Waals surface area (Å²) in [7, 11) is 3.03. The number of hydrogen-bond donors (Lipinski definition) is 1. The van der Waals surface area contributed by atoms with E-state index in [1.807, 2.05) is 12.3 Å². The number of nitrogens with one attached hydrogen (secondary N) is 1. The van der Waals surface area contributed by atoms with E-state index in [0.717, 1.165) is 10.7 Å². The van der Waals surface area contributed by atoms with Crippen LogP contribution in [-0.2, 0) is 6.61 Å². The van der Waals surface area contributed by atoms with Crippen LogP contribution >= 0.6 is 22.9 Å². The van der Waals surface area contributed by atoms with Crippen molar-refractivity contribution < 1.29 is 19.0 Å². The smallest absolute Gasteiger partial charge is 0.255 e. The number of benzene rings is 2. The van der Waals surface area contributed by atoms with Crippen LogP contribution in [0.4, 0.5) is 5.69 Å². The minimum atomic E-state index is -0.316. The topological polar surface area (TPSA) is 69.7 Å². The molecule has 0 saturated heterocycles. The Morgan fingerprint density at radius 1 is 1.18 bits per heavy atom. The van der Waals surface area contributed by atoms with Crippen LogP contribution < -0.4 is 19.5 Å². The maximum Gasteiger partial charge on any atom is 0.255 e. The Kier molecular flexibility index (Phi) is 6.38. The van der Waals surface area contributed by atoms with Crippen LogP contribution in [-0.4, -0.2) is 25.1 Å². The van der Waals surface area contributed by atoms with Crippen molar-refractivity contribution in [3.63, 3.8) is 0 Å². The summed E-state index contributed by atoms with van der Waals surface area (Å²) in [6.45, 7) is 2.29. The zero-order valence-electron chi connectivity index (χ0n) is 15.6. The Bertz CT molecular complexity index is 990. The van der Waals surface area contributed by atoms with Crippen LogP contribution in [0.1, 0.15) is 21.1 Å². The third kappa shape index (κ3) is 4.74. The summed E-state index contributed by atoms with van der Waals surface area (Å²) in [5, 5.41) is 6.06. The lowest BCUT2D eigenvalue weighted by Gasteiger charge is -2.13. The van der Waals surface area contributed by atoms with Crippen molar-refractivity contribution >= 4 is 34.5 Å². The highest BCUT2D eigenvalue weighted by molar-refractivity contribution is 7.09. The second kappa shape index (κ2) is 8.95. The number of methoxy groups -OCH3 is 2. The highest BCUT2D eigenvalue weighted by atomic mass is 35.5. The second-order valence-electron chi connectivity index (χ2n) is 5.82. The van der Waals surface area contributed by atoms with Crippen LogP contribution in [0.5, 0.6) is 17.2 Å². The van der Waals surface area contributed by atoms with Gasteiger partial charge in [-0.15, -0.1) is 11.3 Å². The molecule has 28 heavy (non-hydrogen) atoms. The second-order valence-corrected chi connectivity index (χ2v) is 7.28. The van der Waals surface area contributed by atoms with Crippen molar-refractivity contribution in [1.29, 1.82) is 0 Å². The number of thiazole rings is 1. The van der Waals surface area contributed by atoms with Crippen LogP contribution in [0.2, 0.25) is 5.02 Å². The average molecular weight is 419 g/mol. The molecule has 146 valence electrons. The highest BCUT2D eigenvalue weighted by Crippen LogP contribution is 2.36. The molecule has 0 fully saturated rings. The van der Waals surface area contributed by atoms with E-state index in [0.29, 0.717) is 40.1 Å². The quantitative estimate of drug-likeness (QED) is 0.587. The molecular formula is C20H19ClN2O4S. The number of amides is 1. The summed E-state index contributed by atoms with van der Waals surface area (Å²) in [6, 6.07) is 10.1. The maximum atomic E-state index is 12.6. The highest BCUT2D eigenvalue weighted by Gasteiger charge is 2.14. The molecule has 0 atom stereocenters. The van der Waals surface area contributed by atoms with Gasteiger partial charge in [-0.1, -0.05) is 17.7 Å². The van der Waals surface area contributed by atoms with Gasteiger partial charge in [0.25, 0.3) is 5.91 Å². The van der Waals surface area contributed by atoms with Gasteiger partial charge in [-0.05, 0) is 25.1 Å². The predicted molar refractivity (Wildman–Crippen MR) is 110 cm³/mol. The molecule has 1 amide bonds. The van der Waals surface area contributed by atoms with E-state index < -0.39 is 0 Å². The van der Waals surface area contributed by atoms with Crippen LogP contribution in [0.15, 0.2) is 41.8 Å². The first-order chi connectivity index (χ1) is 13.5. The maximum absolute atomic E-state index is 12.6. The van der Waals surface area contributed by atoms with Crippen LogP contribution in [0, 0.1) is 6.92 Å². The molecule has 3 rings (SSSR count). The molecular weight excluding hydrogens is 400 g/mol. The summed E-state index contributed by atoms with van der Waals surface area (Å²) in [4.78, 5) is 17.0. The molecule has 0 aliphatic carbocycles. The molecule has 8 heteroatoms. The SMILES string of the molecule is COc1cc(Cl)c(NC(=O)c2cccc(OCc3csc(C)n3)c2)cc1OC. The van der Waals surface area contributed by atoms with Crippen molar-refractivity contribution in [2.24, 2.45) is 0 Å². The number of aryl methyl sites for hydroxylation is 1. The summed E-state index contributed by atoms with van der Waals surface area (Å²) in [6.07, 6.45) is 0. The lowest BCUT2D eigenvalue weighted by Crippen LogP contribution is -2.12. The Labute approximate surface area is 172 Å². The van der Waals surface area contributed by atoms with Gasteiger partial charge in [0, 0.05) is 23.1 Å². The number of anilines is 1. The Morgan fingerprint density at radius 3 is 2.61 bits per heavy atom.